The second-order valence-electron chi connectivity index (χ2n) is 6.08. The Balaban J connectivity index is 1.86. The molecule has 0 saturated carbocycles. The molecule has 1 aliphatic carbocycles. The van der Waals surface area contributed by atoms with E-state index < -0.39 is 0 Å². The molecular weight excluding hydrogens is 254 g/mol. The Labute approximate surface area is 118 Å². The van der Waals surface area contributed by atoms with Crippen LogP contribution < -0.4 is 0 Å². The SMILES string of the molecule is COC(=O)c1ccc2c(c1)CC[C@]1(CC(=O)N(C)C1)C2. The quantitative estimate of drug-likeness (QED) is 0.733. The maximum absolute atomic E-state index is 11.8. The van der Waals surface area contributed by atoms with Gasteiger partial charge in [0, 0.05) is 25.4 Å². The van der Waals surface area contributed by atoms with Crippen molar-refractivity contribution < 1.29 is 14.3 Å². The molecule has 0 unspecified atom stereocenters. The summed E-state index contributed by atoms with van der Waals surface area (Å²) in [5, 5.41) is 0. The number of amides is 1. The zero-order chi connectivity index (χ0) is 14.3. The molecule has 2 aliphatic rings. The third-order valence-corrected chi connectivity index (χ3v) is 4.64. The van der Waals surface area contributed by atoms with E-state index in [1.54, 1.807) is 0 Å². The molecule has 0 radical (unpaired) electrons. The molecule has 1 aliphatic heterocycles. The predicted molar refractivity (Wildman–Crippen MR) is 74.5 cm³/mol. The molecule has 1 aromatic carbocycles. The third-order valence-electron chi connectivity index (χ3n) is 4.64. The van der Waals surface area contributed by atoms with Crippen LogP contribution in [0.25, 0.3) is 0 Å². The summed E-state index contributed by atoms with van der Waals surface area (Å²) < 4.78 is 4.76. The molecule has 1 atom stereocenters. The van der Waals surface area contributed by atoms with Crippen molar-refractivity contribution in [3.05, 3.63) is 34.9 Å². The number of esters is 1. The monoisotopic (exact) mass is 273 g/mol. The summed E-state index contributed by atoms with van der Waals surface area (Å²) in [7, 11) is 3.28. The average molecular weight is 273 g/mol. The number of carbonyl (C=O) groups excluding carboxylic acids is 2. The fourth-order valence-corrected chi connectivity index (χ4v) is 3.56. The van der Waals surface area contributed by atoms with Crippen LogP contribution in [0.1, 0.15) is 34.3 Å². The van der Waals surface area contributed by atoms with E-state index in [2.05, 4.69) is 0 Å². The molecular formula is C16H19NO3. The van der Waals surface area contributed by atoms with Gasteiger partial charge in [0.2, 0.25) is 5.91 Å². The molecule has 1 saturated heterocycles. The van der Waals surface area contributed by atoms with Gasteiger partial charge < -0.3 is 9.64 Å². The Kier molecular flexibility index (Phi) is 3.04. The van der Waals surface area contributed by atoms with Crippen molar-refractivity contribution in [3.8, 4) is 0 Å². The number of likely N-dealkylation sites (tertiary alicyclic amines) is 1. The zero-order valence-electron chi connectivity index (χ0n) is 11.9. The van der Waals surface area contributed by atoms with Crippen LogP contribution in [0, 0.1) is 5.41 Å². The van der Waals surface area contributed by atoms with E-state index in [0.29, 0.717) is 12.0 Å². The van der Waals surface area contributed by atoms with Crippen molar-refractivity contribution in [2.75, 3.05) is 20.7 Å². The second kappa shape index (κ2) is 4.62. The van der Waals surface area contributed by atoms with Crippen LogP contribution in [0.4, 0.5) is 0 Å². The first-order valence-corrected chi connectivity index (χ1v) is 6.97. The summed E-state index contributed by atoms with van der Waals surface area (Å²) in [5.41, 5.74) is 3.21. The first kappa shape index (κ1) is 13.2. The van der Waals surface area contributed by atoms with E-state index in [4.69, 9.17) is 4.74 Å². The summed E-state index contributed by atoms with van der Waals surface area (Å²) in [6.45, 7) is 0.851. The van der Waals surface area contributed by atoms with Crippen molar-refractivity contribution in [2.45, 2.75) is 25.7 Å². The van der Waals surface area contributed by atoms with Crippen molar-refractivity contribution >= 4 is 11.9 Å². The molecule has 0 bridgehead atoms. The molecule has 4 heteroatoms. The molecule has 106 valence electrons. The number of fused-ring (bicyclic) bond motifs is 1. The highest BCUT2D eigenvalue weighted by Crippen LogP contribution is 2.42. The van der Waals surface area contributed by atoms with E-state index in [9.17, 15) is 9.59 Å². The van der Waals surface area contributed by atoms with E-state index in [0.717, 1.165) is 25.8 Å². The van der Waals surface area contributed by atoms with E-state index in [1.165, 1.54) is 18.2 Å². The molecule has 3 rings (SSSR count). The van der Waals surface area contributed by atoms with Gasteiger partial charge in [0.1, 0.15) is 0 Å². The van der Waals surface area contributed by atoms with Crippen LogP contribution in [0.2, 0.25) is 0 Å². The first-order valence-electron chi connectivity index (χ1n) is 6.97. The van der Waals surface area contributed by atoms with Gasteiger partial charge in [0.15, 0.2) is 0 Å². The molecule has 4 nitrogen and oxygen atoms in total. The van der Waals surface area contributed by atoms with E-state index in [-0.39, 0.29) is 17.3 Å². The highest BCUT2D eigenvalue weighted by Gasteiger charge is 2.43. The summed E-state index contributed by atoms with van der Waals surface area (Å²) in [6.07, 6.45) is 3.53. The number of nitrogens with zero attached hydrogens (tertiary/aromatic N) is 1. The van der Waals surface area contributed by atoms with Crippen molar-refractivity contribution in [2.24, 2.45) is 5.41 Å². The number of aryl methyl sites for hydroxylation is 1. The van der Waals surface area contributed by atoms with Crippen LogP contribution in [-0.4, -0.2) is 37.5 Å². The minimum atomic E-state index is -0.288. The van der Waals surface area contributed by atoms with Crippen LogP contribution in [0.15, 0.2) is 18.2 Å². The van der Waals surface area contributed by atoms with Crippen LogP contribution in [-0.2, 0) is 22.4 Å². The summed E-state index contributed by atoms with van der Waals surface area (Å²) >= 11 is 0. The molecule has 0 N–H and O–H groups in total. The van der Waals surface area contributed by atoms with Gasteiger partial charge in [-0.2, -0.15) is 0 Å². The largest absolute Gasteiger partial charge is 0.465 e. The zero-order valence-corrected chi connectivity index (χ0v) is 11.9. The molecule has 20 heavy (non-hydrogen) atoms. The number of benzene rings is 1. The van der Waals surface area contributed by atoms with Crippen molar-refractivity contribution in [1.82, 2.24) is 4.90 Å². The topological polar surface area (TPSA) is 46.6 Å². The number of rotatable bonds is 1. The van der Waals surface area contributed by atoms with Gasteiger partial charge in [-0.25, -0.2) is 4.79 Å². The fourth-order valence-electron chi connectivity index (χ4n) is 3.56. The second-order valence-corrected chi connectivity index (χ2v) is 6.08. The van der Waals surface area contributed by atoms with Gasteiger partial charge in [-0.3, -0.25) is 4.79 Å². The lowest BCUT2D eigenvalue weighted by Gasteiger charge is -2.34. The maximum atomic E-state index is 11.8. The molecule has 1 spiro atoms. The van der Waals surface area contributed by atoms with Crippen molar-refractivity contribution in [1.29, 1.82) is 0 Å². The smallest absolute Gasteiger partial charge is 0.337 e. The number of ether oxygens (including phenoxy) is 1. The Morgan fingerprint density at radius 2 is 2.10 bits per heavy atom. The first-order chi connectivity index (χ1) is 9.53. The Morgan fingerprint density at radius 1 is 1.30 bits per heavy atom. The molecule has 1 amide bonds. The number of hydrogen-bond acceptors (Lipinski definition) is 3. The maximum Gasteiger partial charge on any atom is 0.337 e. The van der Waals surface area contributed by atoms with Gasteiger partial charge in [-0.05, 0) is 42.5 Å². The molecule has 1 fully saturated rings. The normalized spacial score (nSPS) is 24.9. The molecule has 1 heterocycles. The van der Waals surface area contributed by atoms with Crippen LogP contribution in [0.5, 0.6) is 0 Å². The predicted octanol–water partition coefficient (Wildman–Crippen LogP) is 1.81. The van der Waals surface area contributed by atoms with Gasteiger partial charge in [-0.15, -0.1) is 0 Å². The highest BCUT2D eigenvalue weighted by atomic mass is 16.5. The lowest BCUT2D eigenvalue weighted by Crippen LogP contribution is -2.31. The Bertz CT molecular complexity index is 581. The minimum Gasteiger partial charge on any atom is -0.465 e. The van der Waals surface area contributed by atoms with E-state index in [1.807, 2.05) is 30.1 Å². The molecule has 0 aromatic heterocycles. The van der Waals surface area contributed by atoms with Gasteiger partial charge in [-0.1, -0.05) is 6.07 Å². The summed E-state index contributed by atoms with van der Waals surface area (Å²) in [5.74, 6) is -0.0384. The minimum absolute atomic E-state index is 0.103. The summed E-state index contributed by atoms with van der Waals surface area (Å²) in [4.78, 5) is 25.2. The van der Waals surface area contributed by atoms with E-state index >= 15 is 0 Å². The van der Waals surface area contributed by atoms with Crippen molar-refractivity contribution in [3.63, 3.8) is 0 Å². The summed E-state index contributed by atoms with van der Waals surface area (Å²) in [6, 6.07) is 5.78. The number of hydrogen-bond donors (Lipinski definition) is 0. The lowest BCUT2D eigenvalue weighted by atomic mass is 9.71. The third kappa shape index (κ3) is 2.09. The fraction of sp³-hybridized carbons (Fsp3) is 0.500. The van der Waals surface area contributed by atoms with Gasteiger partial charge >= 0.3 is 5.97 Å². The highest BCUT2D eigenvalue weighted by molar-refractivity contribution is 5.89. The number of carbonyl (C=O) groups is 2. The molecule has 1 aromatic rings. The average Bonchev–Trinajstić information content (AvgIpc) is 2.71. The van der Waals surface area contributed by atoms with Crippen LogP contribution in [0.3, 0.4) is 0 Å². The van der Waals surface area contributed by atoms with Gasteiger partial charge in [0.25, 0.3) is 0 Å². The van der Waals surface area contributed by atoms with Crippen LogP contribution >= 0.6 is 0 Å². The Hall–Kier alpha value is -1.84. The standard InChI is InChI=1S/C16H19NO3/c1-17-10-16(9-14(17)18)6-5-11-7-12(15(19)20-2)3-4-13(11)8-16/h3-4,7H,5-6,8-10H2,1-2H3/t16-/m1/s1. The lowest BCUT2D eigenvalue weighted by molar-refractivity contribution is -0.126. The van der Waals surface area contributed by atoms with Gasteiger partial charge in [0.05, 0.1) is 12.7 Å². The Morgan fingerprint density at radius 3 is 2.75 bits per heavy atom. The number of methoxy groups -OCH3 is 1.